The fourth-order valence-corrected chi connectivity index (χ4v) is 2.50. The summed E-state index contributed by atoms with van der Waals surface area (Å²) in [6.45, 7) is 1.86. The first-order chi connectivity index (χ1) is 11.6. The van der Waals surface area contributed by atoms with E-state index in [0.29, 0.717) is 29.0 Å². The zero-order valence-electron chi connectivity index (χ0n) is 13.3. The van der Waals surface area contributed by atoms with Crippen molar-refractivity contribution in [2.75, 3.05) is 0 Å². The van der Waals surface area contributed by atoms with Gasteiger partial charge in [-0.05, 0) is 36.8 Å². The van der Waals surface area contributed by atoms with Gasteiger partial charge in [0.05, 0.1) is 0 Å². The third-order valence-electron chi connectivity index (χ3n) is 3.79. The number of carbonyl (C=O) groups excluding carboxylic acids is 1. The van der Waals surface area contributed by atoms with Crippen LogP contribution < -0.4 is 4.74 Å². The van der Waals surface area contributed by atoms with Crippen molar-refractivity contribution in [3.8, 4) is 16.9 Å². The van der Waals surface area contributed by atoms with E-state index in [1.807, 2.05) is 42.5 Å². The summed E-state index contributed by atoms with van der Waals surface area (Å²) in [5.41, 5.74) is 2.51. The summed E-state index contributed by atoms with van der Waals surface area (Å²) in [7, 11) is 0. The van der Waals surface area contributed by atoms with E-state index < -0.39 is 0 Å². The molecule has 0 spiro atoms. The monoisotopic (exact) mass is 320 g/mol. The van der Waals surface area contributed by atoms with Crippen molar-refractivity contribution in [2.24, 2.45) is 0 Å². The third-order valence-corrected chi connectivity index (χ3v) is 3.79. The maximum Gasteiger partial charge on any atom is 0.159 e. The summed E-state index contributed by atoms with van der Waals surface area (Å²) in [6, 6.07) is 21.4. The molecule has 120 valence electrons. The molecule has 3 aromatic carbocycles. The van der Waals surface area contributed by atoms with E-state index in [0.717, 1.165) is 5.56 Å². The largest absolute Gasteiger partial charge is 0.488 e. The zero-order chi connectivity index (χ0) is 16.9. The van der Waals surface area contributed by atoms with Gasteiger partial charge in [-0.3, -0.25) is 4.79 Å². The first-order valence-corrected chi connectivity index (χ1v) is 7.72. The van der Waals surface area contributed by atoms with Crippen LogP contribution in [0.25, 0.3) is 11.1 Å². The number of hydrogen-bond donors (Lipinski definition) is 0. The molecule has 0 aromatic heterocycles. The van der Waals surface area contributed by atoms with Crippen molar-refractivity contribution in [1.29, 1.82) is 0 Å². The number of ketones is 1. The fourth-order valence-electron chi connectivity index (χ4n) is 2.50. The van der Waals surface area contributed by atoms with Gasteiger partial charge in [-0.1, -0.05) is 48.5 Å². The Bertz CT molecular complexity index is 857. The Kier molecular flexibility index (Phi) is 4.71. The number of ether oxygens (including phenoxy) is 1. The molecule has 0 fully saturated rings. The van der Waals surface area contributed by atoms with Crippen LogP contribution in [-0.2, 0) is 6.61 Å². The van der Waals surface area contributed by atoms with Gasteiger partial charge in [0.1, 0.15) is 18.2 Å². The van der Waals surface area contributed by atoms with Gasteiger partial charge in [-0.25, -0.2) is 4.39 Å². The molecule has 0 aliphatic heterocycles. The molecule has 0 saturated carbocycles. The molecule has 3 heteroatoms. The van der Waals surface area contributed by atoms with E-state index in [-0.39, 0.29) is 11.6 Å². The van der Waals surface area contributed by atoms with Gasteiger partial charge in [0.15, 0.2) is 5.78 Å². The van der Waals surface area contributed by atoms with Crippen LogP contribution in [0.15, 0.2) is 72.8 Å². The second-order valence-electron chi connectivity index (χ2n) is 5.52. The maximum atomic E-state index is 14.3. The Hall–Kier alpha value is -2.94. The normalized spacial score (nSPS) is 10.4. The van der Waals surface area contributed by atoms with E-state index in [1.165, 1.54) is 19.1 Å². The van der Waals surface area contributed by atoms with Crippen molar-refractivity contribution in [3.05, 3.63) is 89.7 Å². The van der Waals surface area contributed by atoms with Gasteiger partial charge >= 0.3 is 0 Å². The minimum atomic E-state index is -0.379. The molecular weight excluding hydrogens is 303 g/mol. The number of para-hydroxylation sites is 1. The average Bonchev–Trinajstić information content (AvgIpc) is 2.61. The number of Topliss-reactive ketones (excluding diaryl/α,β-unsaturated/α-hetero) is 1. The Morgan fingerprint density at radius 1 is 0.917 bits per heavy atom. The number of benzene rings is 3. The van der Waals surface area contributed by atoms with Gasteiger partial charge in [-0.2, -0.15) is 0 Å². The maximum absolute atomic E-state index is 14.3. The van der Waals surface area contributed by atoms with Crippen LogP contribution in [0.3, 0.4) is 0 Å². The quantitative estimate of drug-likeness (QED) is 0.598. The number of hydrogen-bond acceptors (Lipinski definition) is 2. The van der Waals surface area contributed by atoms with Gasteiger partial charge in [0.2, 0.25) is 0 Å². The average molecular weight is 320 g/mol. The zero-order valence-corrected chi connectivity index (χ0v) is 13.3. The van der Waals surface area contributed by atoms with Gasteiger partial charge < -0.3 is 4.74 Å². The predicted molar refractivity (Wildman–Crippen MR) is 92.6 cm³/mol. The minimum Gasteiger partial charge on any atom is -0.488 e. The van der Waals surface area contributed by atoms with Crippen LogP contribution in [0.2, 0.25) is 0 Å². The van der Waals surface area contributed by atoms with E-state index >= 15 is 0 Å². The molecule has 0 N–H and O–H groups in total. The van der Waals surface area contributed by atoms with E-state index in [1.54, 1.807) is 18.2 Å². The molecule has 2 nitrogen and oxygen atoms in total. The van der Waals surface area contributed by atoms with Crippen molar-refractivity contribution < 1.29 is 13.9 Å². The highest BCUT2D eigenvalue weighted by molar-refractivity contribution is 5.95. The number of rotatable bonds is 5. The molecule has 0 atom stereocenters. The molecule has 0 unspecified atom stereocenters. The molecule has 24 heavy (non-hydrogen) atoms. The highest BCUT2D eigenvalue weighted by Crippen LogP contribution is 2.33. The Labute approximate surface area is 140 Å². The molecule has 0 bridgehead atoms. The topological polar surface area (TPSA) is 26.3 Å². The second kappa shape index (κ2) is 7.09. The van der Waals surface area contributed by atoms with Gasteiger partial charge in [0, 0.05) is 16.7 Å². The summed E-state index contributed by atoms with van der Waals surface area (Å²) in [5.74, 6) is 0.107. The molecule has 0 aliphatic carbocycles. The van der Waals surface area contributed by atoms with Crippen LogP contribution in [-0.4, -0.2) is 5.78 Å². The van der Waals surface area contributed by atoms with Crippen LogP contribution in [0, 0.1) is 5.82 Å². The number of halogens is 1. The summed E-state index contributed by atoms with van der Waals surface area (Å²) >= 11 is 0. The smallest absolute Gasteiger partial charge is 0.159 e. The molecule has 0 heterocycles. The lowest BCUT2D eigenvalue weighted by Gasteiger charge is -2.13. The minimum absolute atomic E-state index is 0.0982. The van der Waals surface area contributed by atoms with Crippen molar-refractivity contribution in [3.63, 3.8) is 0 Å². The molecule has 0 amide bonds. The molecular formula is C21H17FO2. The Balaban J connectivity index is 1.95. The summed E-state index contributed by atoms with van der Waals surface area (Å²) < 4.78 is 20.2. The molecule has 3 aromatic rings. The lowest BCUT2D eigenvalue weighted by Crippen LogP contribution is -1.99. The standard InChI is InChI=1S/C21H17FO2/c1-15(23)17-11-12-20(22)19(13-17)18-9-5-6-10-21(18)24-14-16-7-3-2-4-8-16/h2-13H,14H2,1H3. The third kappa shape index (κ3) is 3.51. The number of carbonyl (C=O) groups is 1. The molecule has 0 radical (unpaired) electrons. The fraction of sp³-hybridized carbons (Fsp3) is 0.0952. The predicted octanol–water partition coefficient (Wildman–Crippen LogP) is 5.27. The van der Waals surface area contributed by atoms with Crippen molar-refractivity contribution in [2.45, 2.75) is 13.5 Å². The van der Waals surface area contributed by atoms with Gasteiger partial charge in [0.25, 0.3) is 0 Å². The molecule has 0 aliphatic rings. The lowest BCUT2D eigenvalue weighted by molar-refractivity contribution is 0.101. The van der Waals surface area contributed by atoms with Crippen LogP contribution in [0.5, 0.6) is 5.75 Å². The highest BCUT2D eigenvalue weighted by atomic mass is 19.1. The van der Waals surface area contributed by atoms with Crippen molar-refractivity contribution >= 4 is 5.78 Å². The van der Waals surface area contributed by atoms with Crippen LogP contribution in [0.4, 0.5) is 4.39 Å². The summed E-state index contributed by atoms with van der Waals surface area (Å²) in [5, 5.41) is 0. The summed E-state index contributed by atoms with van der Waals surface area (Å²) in [4.78, 5) is 11.6. The van der Waals surface area contributed by atoms with Crippen LogP contribution in [0.1, 0.15) is 22.8 Å². The lowest BCUT2D eigenvalue weighted by atomic mass is 10.00. The van der Waals surface area contributed by atoms with E-state index in [2.05, 4.69) is 0 Å². The molecule has 3 rings (SSSR count). The molecule has 0 saturated heterocycles. The highest BCUT2D eigenvalue weighted by Gasteiger charge is 2.13. The Morgan fingerprint density at radius 3 is 2.38 bits per heavy atom. The second-order valence-corrected chi connectivity index (χ2v) is 5.52. The SMILES string of the molecule is CC(=O)c1ccc(F)c(-c2ccccc2OCc2ccccc2)c1. The first kappa shape index (κ1) is 15.9. The van der Waals surface area contributed by atoms with Crippen molar-refractivity contribution in [1.82, 2.24) is 0 Å². The summed E-state index contributed by atoms with van der Waals surface area (Å²) in [6.07, 6.45) is 0. The first-order valence-electron chi connectivity index (χ1n) is 7.72. The van der Waals surface area contributed by atoms with E-state index in [4.69, 9.17) is 4.74 Å². The Morgan fingerprint density at radius 2 is 1.62 bits per heavy atom. The van der Waals surface area contributed by atoms with E-state index in [9.17, 15) is 9.18 Å². The van der Waals surface area contributed by atoms with Crippen LogP contribution >= 0.6 is 0 Å². The van der Waals surface area contributed by atoms with Gasteiger partial charge in [-0.15, -0.1) is 0 Å².